The van der Waals surface area contributed by atoms with E-state index in [4.69, 9.17) is 4.74 Å². The van der Waals surface area contributed by atoms with Crippen LogP contribution in [0.2, 0.25) is 0 Å². The predicted molar refractivity (Wildman–Crippen MR) is 117 cm³/mol. The van der Waals surface area contributed by atoms with Crippen LogP contribution in [-0.2, 0) is 4.74 Å². The van der Waals surface area contributed by atoms with Crippen LogP contribution in [0.5, 0.6) is 0 Å². The van der Waals surface area contributed by atoms with Gasteiger partial charge in [-0.05, 0) is 56.2 Å². The van der Waals surface area contributed by atoms with Gasteiger partial charge in [0.2, 0.25) is 0 Å². The number of hydrogen-bond donors (Lipinski definition) is 1. The standard InChI is InChI=1S/C24H26F3N3O3/c1-24(2)18(15-3-6-19(25)21(27)13-15)7-8-30(24)23(32)28-16-4-5-17(20(26)14-16)22(31)29-9-11-33-12-10-29/h3-6,13-14,18H,7-12H2,1-2H3,(H,28,32). The Balaban J connectivity index is 1.46. The molecule has 2 aliphatic rings. The Bertz CT molecular complexity index is 1070. The highest BCUT2D eigenvalue weighted by Crippen LogP contribution is 2.42. The summed E-state index contributed by atoms with van der Waals surface area (Å²) in [6, 6.07) is 7.34. The molecule has 2 fully saturated rings. The first kappa shape index (κ1) is 23.1. The molecule has 0 bridgehead atoms. The summed E-state index contributed by atoms with van der Waals surface area (Å²) in [5.74, 6) is -3.16. The summed E-state index contributed by atoms with van der Waals surface area (Å²) in [5.41, 5.74) is 0.100. The van der Waals surface area contributed by atoms with Crippen LogP contribution in [0.15, 0.2) is 36.4 Å². The second-order valence-corrected chi connectivity index (χ2v) is 8.85. The zero-order valence-corrected chi connectivity index (χ0v) is 18.5. The smallest absolute Gasteiger partial charge is 0.322 e. The van der Waals surface area contributed by atoms with Crippen LogP contribution < -0.4 is 5.32 Å². The number of carbonyl (C=O) groups is 2. The van der Waals surface area contributed by atoms with Crippen molar-refractivity contribution in [2.45, 2.75) is 31.7 Å². The molecular formula is C24H26F3N3O3. The van der Waals surface area contributed by atoms with Crippen molar-refractivity contribution in [2.24, 2.45) is 0 Å². The van der Waals surface area contributed by atoms with Crippen molar-refractivity contribution in [3.63, 3.8) is 0 Å². The number of nitrogens with one attached hydrogen (secondary N) is 1. The minimum atomic E-state index is -0.923. The molecule has 0 aliphatic carbocycles. The first-order chi connectivity index (χ1) is 15.7. The largest absolute Gasteiger partial charge is 0.378 e. The molecule has 1 N–H and O–H groups in total. The number of halogens is 3. The Kier molecular flexibility index (Phi) is 6.34. The van der Waals surface area contributed by atoms with Crippen molar-refractivity contribution < 1.29 is 27.5 Å². The highest BCUT2D eigenvalue weighted by atomic mass is 19.2. The molecule has 0 radical (unpaired) electrons. The van der Waals surface area contributed by atoms with E-state index < -0.39 is 34.9 Å². The Morgan fingerprint density at radius 2 is 1.70 bits per heavy atom. The van der Waals surface area contributed by atoms with Crippen molar-refractivity contribution in [3.8, 4) is 0 Å². The third-order valence-corrected chi connectivity index (χ3v) is 6.53. The number of anilines is 1. The van der Waals surface area contributed by atoms with E-state index in [0.29, 0.717) is 44.8 Å². The average Bonchev–Trinajstić information content (AvgIpc) is 3.10. The Hall–Kier alpha value is -3.07. The first-order valence-electron chi connectivity index (χ1n) is 10.9. The van der Waals surface area contributed by atoms with Gasteiger partial charge in [-0.2, -0.15) is 0 Å². The number of hydrogen-bond acceptors (Lipinski definition) is 3. The van der Waals surface area contributed by atoms with Gasteiger partial charge in [-0.3, -0.25) is 4.79 Å². The maximum Gasteiger partial charge on any atom is 0.322 e. The number of urea groups is 1. The van der Waals surface area contributed by atoms with Crippen LogP contribution in [-0.4, -0.2) is 60.1 Å². The SMILES string of the molecule is CC1(C)C(c2ccc(F)c(F)c2)CCN1C(=O)Nc1ccc(C(=O)N2CCOCC2)c(F)c1. The molecule has 2 aromatic rings. The van der Waals surface area contributed by atoms with Gasteiger partial charge in [0.15, 0.2) is 11.6 Å². The maximum atomic E-state index is 14.7. The zero-order chi connectivity index (χ0) is 23.8. The summed E-state index contributed by atoms with van der Waals surface area (Å²) >= 11 is 0. The molecule has 2 heterocycles. The number of nitrogens with zero attached hydrogens (tertiary/aromatic N) is 2. The number of carbonyl (C=O) groups excluding carboxylic acids is 2. The summed E-state index contributed by atoms with van der Waals surface area (Å²) in [5, 5.41) is 2.69. The van der Waals surface area contributed by atoms with Gasteiger partial charge in [0.05, 0.1) is 18.8 Å². The van der Waals surface area contributed by atoms with Gasteiger partial charge in [0, 0.05) is 36.8 Å². The van der Waals surface area contributed by atoms with Crippen LogP contribution in [0.1, 0.15) is 42.1 Å². The lowest BCUT2D eigenvalue weighted by molar-refractivity contribution is 0.0300. The van der Waals surface area contributed by atoms with Gasteiger partial charge >= 0.3 is 6.03 Å². The van der Waals surface area contributed by atoms with Gasteiger partial charge in [-0.25, -0.2) is 18.0 Å². The molecule has 1 unspecified atom stereocenters. The number of likely N-dealkylation sites (tertiary alicyclic amines) is 1. The highest BCUT2D eigenvalue weighted by Gasteiger charge is 2.44. The number of rotatable bonds is 3. The van der Waals surface area contributed by atoms with Gasteiger partial charge in [0.25, 0.3) is 5.91 Å². The van der Waals surface area contributed by atoms with Gasteiger partial charge in [-0.15, -0.1) is 0 Å². The van der Waals surface area contributed by atoms with Gasteiger partial charge in [0.1, 0.15) is 5.82 Å². The molecular weight excluding hydrogens is 435 g/mol. The molecule has 4 rings (SSSR count). The zero-order valence-electron chi connectivity index (χ0n) is 18.5. The van der Waals surface area contributed by atoms with Crippen LogP contribution in [0, 0.1) is 17.5 Å². The third kappa shape index (κ3) is 4.55. The van der Waals surface area contributed by atoms with E-state index in [-0.39, 0.29) is 17.2 Å². The molecule has 2 aliphatic heterocycles. The molecule has 1 atom stereocenters. The van der Waals surface area contributed by atoms with E-state index in [2.05, 4.69) is 5.32 Å². The summed E-state index contributed by atoms with van der Waals surface area (Å²) in [7, 11) is 0. The van der Waals surface area contributed by atoms with Crippen LogP contribution in [0.3, 0.4) is 0 Å². The van der Waals surface area contributed by atoms with Crippen LogP contribution >= 0.6 is 0 Å². The lowest BCUT2D eigenvalue weighted by Crippen LogP contribution is -2.47. The Morgan fingerprint density at radius 3 is 2.36 bits per heavy atom. The molecule has 0 saturated carbocycles. The molecule has 33 heavy (non-hydrogen) atoms. The summed E-state index contributed by atoms with van der Waals surface area (Å²) in [4.78, 5) is 28.7. The topological polar surface area (TPSA) is 61.9 Å². The normalized spacial score (nSPS) is 20.1. The van der Waals surface area contributed by atoms with E-state index in [1.165, 1.54) is 29.2 Å². The van der Waals surface area contributed by atoms with Crippen molar-refractivity contribution >= 4 is 17.6 Å². The van der Waals surface area contributed by atoms with Crippen molar-refractivity contribution in [3.05, 3.63) is 65.0 Å². The van der Waals surface area contributed by atoms with E-state index in [1.807, 2.05) is 13.8 Å². The highest BCUT2D eigenvalue weighted by molar-refractivity contribution is 5.96. The Morgan fingerprint density at radius 1 is 0.970 bits per heavy atom. The molecule has 2 saturated heterocycles. The summed E-state index contributed by atoms with van der Waals surface area (Å²) < 4.78 is 47.0. The lowest BCUT2D eigenvalue weighted by atomic mass is 9.83. The fourth-order valence-corrected chi connectivity index (χ4v) is 4.65. The minimum Gasteiger partial charge on any atom is -0.378 e. The van der Waals surface area contributed by atoms with E-state index >= 15 is 0 Å². The fraction of sp³-hybridized carbons (Fsp3) is 0.417. The monoisotopic (exact) mass is 461 g/mol. The van der Waals surface area contributed by atoms with Crippen LogP contribution in [0.4, 0.5) is 23.7 Å². The molecule has 9 heteroatoms. The summed E-state index contributed by atoms with van der Waals surface area (Å²) in [6.07, 6.45) is 0.576. The number of amides is 3. The van der Waals surface area contributed by atoms with Gasteiger partial charge in [-0.1, -0.05) is 6.07 Å². The molecule has 3 amide bonds. The number of benzene rings is 2. The number of ether oxygens (including phenoxy) is 1. The van der Waals surface area contributed by atoms with Crippen LogP contribution in [0.25, 0.3) is 0 Å². The maximum absolute atomic E-state index is 14.7. The van der Waals surface area contributed by atoms with Crippen molar-refractivity contribution in [1.82, 2.24) is 9.80 Å². The minimum absolute atomic E-state index is 0.0604. The number of morpholine rings is 1. The first-order valence-corrected chi connectivity index (χ1v) is 10.9. The predicted octanol–water partition coefficient (Wildman–Crippen LogP) is 4.38. The quantitative estimate of drug-likeness (QED) is 0.738. The van der Waals surface area contributed by atoms with Crippen molar-refractivity contribution in [1.29, 1.82) is 0 Å². The third-order valence-electron chi connectivity index (χ3n) is 6.53. The van der Waals surface area contributed by atoms with Crippen molar-refractivity contribution in [2.75, 3.05) is 38.2 Å². The molecule has 2 aromatic carbocycles. The summed E-state index contributed by atoms with van der Waals surface area (Å²) in [6.45, 7) is 5.75. The molecule has 0 spiro atoms. The Labute approximate surface area is 190 Å². The molecule has 176 valence electrons. The fourth-order valence-electron chi connectivity index (χ4n) is 4.65. The van der Waals surface area contributed by atoms with E-state index in [0.717, 1.165) is 12.1 Å². The lowest BCUT2D eigenvalue weighted by Gasteiger charge is -2.36. The van der Waals surface area contributed by atoms with E-state index in [9.17, 15) is 22.8 Å². The second-order valence-electron chi connectivity index (χ2n) is 8.85. The molecule has 0 aromatic heterocycles. The second kappa shape index (κ2) is 9.05. The van der Waals surface area contributed by atoms with E-state index in [1.54, 1.807) is 4.90 Å². The average molecular weight is 461 g/mol. The van der Waals surface area contributed by atoms with Gasteiger partial charge < -0.3 is 19.9 Å². The molecule has 6 nitrogen and oxygen atoms in total.